The van der Waals surface area contributed by atoms with Gasteiger partial charge in [0.2, 0.25) is 0 Å². The second-order valence-electron chi connectivity index (χ2n) is 5.68. The Labute approximate surface area is 126 Å². The topological polar surface area (TPSA) is 61.8 Å². The van der Waals surface area contributed by atoms with Crippen LogP contribution in [-0.4, -0.2) is 33.0 Å². The Bertz CT molecular complexity index is 577. The first-order valence-corrected chi connectivity index (χ1v) is 8.46. The van der Waals surface area contributed by atoms with Crippen molar-refractivity contribution >= 4 is 10.1 Å². The van der Waals surface area contributed by atoms with Crippen molar-refractivity contribution in [3.8, 4) is 0 Å². The molecule has 1 aliphatic rings. The Kier molecular flexibility index (Phi) is 4.72. The minimum atomic E-state index is -3.80. The number of benzene rings is 1. The smallest absolute Gasteiger partial charge is 0.297 e. The summed E-state index contributed by atoms with van der Waals surface area (Å²) >= 11 is 0. The molecule has 1 saturated heterocycles. The summed E-state index contributed by atoms with van der Waals surface area (Å²) in [6.45, 7) is 7.69. The molecular formula is C15H22O5S. The van der Waals surface area contributed by atoms with Crippen molar-refractivity contribution in [1.29, 1.82) is 0 Å². The van der Waals surface area contributed by atoms with Gasteiger partial charge in [-0.15, -0.1) is 0 Å². The third kappa shape index (κ3) is 4.03. The first kappa shape index (κ1) is 16.4. The van der Waals surface area contributed by atoms with Crippen LogP contribution in [0, 0.1) is 6.92 Å². The van der Waals surface area contributed by atoms with Gasteiger partial charge in [0.1, 0.15) is 12.2 Å². The van der Waals surface area contributed by atoms with Gasteiger partial charge < -0.3 is 9.47 Å². The average Bonchev–Trinajstić information content (AvgIpc) is 2.77. The third-order valence-electron chi connectivity index (χ3n) is 3.41. The summed E-state index contributed by atoms with van der Waals surface area (Å²) in [5.41, 5.74) is 0.996. The fourth-order valence-electron chi connectivity index (χ4n) is 2.21. The molecule has 1 aromatic rings. The predicted octanol–water partition coefficient (Wildman–Crippen LogP) is 2.63. The highest BCUT2D eigenvalue weighted by Gasteiger charge is 2.39. The summed E-state index contributed by atoms with van der Waals surface area (Å²) in [4.78, 5) is 0.157. The van der Waals surface area contributed by atoms with E-state index in [2.05, 4.69) is 0 Å². The third-order valence-corrected chi connectivity index (χ3v) is 4.76. The highest BCUT2D eigenvalue weighted by atomic mass is 32.2. The van der Waals surface area contributed by atoms with Gasteiger partial charge in [-0.05, 0) is 39.3 Å². The fraction of sp³-hybridized carbons (Fsp3) is 0.600. The molecular weight excluding hydrogens is 292 g/mol. The molecule has 1 heterocycles. The highest BCUT2D eigenvalue weighted by Crippen LogP contribution is 2.28. The van der Waals surface area contributed by atoms with Gasteiger partial charge in [0.05, 0.1) is 11.5 Å². The lowest BCUT2D eigenvalue weighted by Crippen LogP contribution is -2.34. The van der Waals surface area contributed by atoms with Crippen molar-refractivity contribution < 1.29 is 22.1 Å². The average molecular weight is 314 g/mol. The van der Waals surface area contributed by atoms with Crippen molar-refractivity contribution in [3.63, 3.8) is 0 Å². The van der Waals surface area contributed by atoms with Gasteiger partial charge in [0.25, 0.3) is 10.1 Å². The maximum absolute atomic E-state index is 12.3. The van der Waals surface area contributed by atoms with Crippen molar-refractivity contribution in [1.82, 2.24) is 0 Å². The van der Waals surface area contributed by atoms with Crippen LogP contribution in [0.5, 0.6) is 0 Å². The van der Waals surface area contributed by atoms with Gasteiger partial charge >= 0.3 is 0 Å². The predicted molar refractivity (Wildman–Crippen MR) is 78.4 cm³/mol. The molecule has 2 atom stereocenters. The first-order chi connectivity index (χ1) is 9.73. The summed E-state index contributed by atoms with van der Waals surface area (Å²) in [7, 11) is -3.80. The lowest BCUT2D eigenvalue weighted by atomic mass is 10.2. The standard InChI is InChI=1S/C15H22O5S/c1-5-13(14-10-18-15(3,4)19-14)20-21(16,17)12-8-6-11(2)7-9-12/h6-9,13-14H,5,10H2,1-4H3/t13?,14-/m1/s1. The number of aryl methyl sites for hydroxylation is 1. The minimum absolute atomic E-state index is 0.157. The zero-order valence-corrected chi connectivity index (χ0v) is 13.6. The number of ether oxygens (including phenoxy) is 2. The molecule has 0 bridgehead atoms. The Morgan fingerprint density at radius 1 is 1.33 bits per heavy atom. The summed E-state index contributed by atoms with van der Waals surface area (Å²) in [6, 6.07) is 6.59. The van der Waals surface area contributed by atoms with Crippen LogP contribution in [0.2, 0.25) is 0 Å². The molecule has 1 aromatic carbocycles. The normalized spacial score (nSPS) is 23.1. The molecule has 0 aliphatic carbocycles. The monoisotopic (exact) mass is 314 g/mol. The Morgan fingerprint density at radius 3 is 2.43 bits per heavy atom. The quantitative estimate of drug-likeness (QED) is 0.782. The zero-order valence-electron chi connectivity index (χ0n) is 12.8. The SMILES string of the molecule is CCC(OS(=O)(=O)c1ccc(C)cc1)[C@H]1COC(C)(C)O1. The van der Waals surface area contributed by atoms with E-state index in [1.54, 1.807) is 38.1 Å². The van der Waals surface area contributed by atoms with E-state index in [1.165, 1.54) is 0 Å². The van der Waals surface area contributed by atoms with Crippen LogP contribution in [0.15, 0.2) is 29.2 Å². The van der Waals surface area contributed by atoms with E-state index in [1.807, 2.05) is 13.8 Å². The molecule has 0 N–H and O–H groups in total. The minimum Gasteiger partial charge on any atom is -0.348 e. The van der Waals surface area contributed by atoms with E-state index in [0.29, 0.717) is 13.0 Å². The van der Waals surface area contributed by atoms with Crippen LogP contribution in [0.3, 0.4) is 0 Å². The lowest BCUT2D eigenvalue weighted by Gasteiger charge is -2.23. The van der Waals surface area contributed by atoms with Crippen LogP contribution < -0.4 is 0 Å². The number of hydrogen-bond acceptors (Lipinski definition) is 5. The van der Waals surface area contributed by atoms with Gasteiger partial charge in [0.15, 0.2) is 5.79 Å². The molecule has 1 unspecified atom stereocenters. The molecule has 0 radical (unpaired) electrons. The molecule has 1 fully saturated rings. The number of rotatable bonds is 5. The molecule has 0 aromatic heterocycles. The molecule has 0 amide bonds. The van der Waals surface area contributed by atoms with Crippen LogP contribution in [-0.2, 0) is 23.8 Å². The number of hydrogen-bond donors (Lipinski definition) is 0. The maximum atomic E-state index is 12.3. The molecule has 0 spiro atoms. The molecule has 5 nitrogen and oxygen atoms in total. The zero-order chi connectivity index (χ0) is 15.7. The van der Waals surface area contributed by atoms with Crippen LogP contribution in [0.1, 0.15) is 32.8 Å². The van der Waals surface area contributed by atoms with Gasteiger partial charge in [-0.3, -0.25) is 4.18 Å². The van der Waals surface area contributed by atoms with E-state index in [9.17, 15) is 8.42 Å². The fourth-order valence-corrected chi connectivity index (χ4v) is 3.38. The van der Waals surface area contributed by atoms with Crippen LogP contribution in [0.25, 0.3) is 0 Å². The Morgan fingerprint density at radius 2 is 1.95 bits per heavy atom. The second-order valence-corrected chi connectivity index (χ2v) is 7.25. The van der Waals surface area contributed by atoms with Crippen molar-refractivity contribution in [2.75, 3.05) is 6.61 Å². The summed E-state index contributed by atoms with van der Waals surface area (Å²) in [5, 5.41) is 0. The van der Waals surface area contributed by atoms with E-state index in [0.717, 1.165) is 5.56 Å². The lowest BCUT2D eigenvalue weighted by molar-refractivity contribution is -0.148. The second kappa shape index (κ2) is 6.04. The first-order valence-electron chi connectivity index (χ1n) is 7.05. The molecule has 6 heteroatoms. The van der Waals surface area contributed by atoms with E-state index in [4.69, 9.17) is 13.7 Å². The Balaban J connectivity index is 2.12. The van der Waals surface area contributed by atoms with Crippen LogP contribution in [0.4, 0.5) is 0 Å². The summed E-state index contributed by atoms with van der Waals surface area (Å²) in [5.74, 6) is -0.699. The van der Waals surface area contributed by atoms with E-state index >= 15 is 0 Å². The van der Waals surface area contributed by atoms with Gasteiger partial charge in [-0.1, -0.05) is 24.6 Å². The molecule has 21 heavy (non-hydrogen) atoms. The maximum Gasteiger partial charge on any atom is 0.297 e. The largest absolute Gasteiger partial charge is 0.348 e. The van der Waals surface area contributed by atoms with Gasteiger partial charge in [-0.25, -0.2) is 0 Å². The van der Waals surface area contributed by atoms with Crippen LogP contribution >= 0.6 is 0 Å². The highest BCUT2D eigenvalue weighted by molar-refractivity contribution is 7.86. The van der Waals surface area contributed by atoms with Crippen molar-refractivity contribution in [2.24, 2.45) is 0 Å². The molecule has 1 aliphatic heterocycles. The summed E-state index contributed by atoms with van der Waals surface area (Å²) < 4.78 is 41.1. The van der Waals surface area contributed by atoms with E-state index < -0.39 is 22.0 Å². The molecule has 2 rings (SSSR count). The molecule has 118 valence electrons. The summed E-state index contributed by atoms with van der Waals surface area (Å²) in [6.07, 6.45) is -0.418. The Hall–Kier alpha value is -0.950. The van der Waals surface area contributed by atoms with Gasteiger partial charge in [0, 0.05) is 0 Å². The van der Waals surface area contributed by atoms with Crippen molar-refractivity contribution in [2.45, 2.75) is 57.0 Å². The van der Waals surface area contributed by atoms with Gasteiger partial charge in [-0.2, -0.15) is 8.42 Å². The molecule has 0 saturated carbocycles. The van der Waals surface area contributed by atoms with Crippen molar-refractivity contribution in [3.05, 3.63) is 29.8 Å². The van der Waals surface area contributed by atoms with E-state index in [-0.39, 0.29) is 11.0 Å².